The highest BCUT2D eigenvalue weighted by Crippen LogP contribution is 2.46. The van der Waals surface area contributed by atoms with E-state index in [0.29, 0.717) is 30.5 Å². The number of benzene rings is 2. The Morgan fingerprint density at radius 2 is 1.85 bits per heavy atom. The molecule has 0 aliphatic carbocycles. The molecule has 2 heterocycles. The number of hydrogen-bond acceptors (Lipinski definition) is 3. The van der Waals surface area contributed by atoms with Gasteiger partial charge in [-0.05, 0) is 61.1 Å². The molecule has 4 rings (SSSR count). The van der Waals surface area contributed by atoms with Crippen molar-refractivity contribution in [3.63, 3.8) is 0 Å². The van der Waals surface area contributed by atoms with Gasteiger partial charge >= 0.3 is 0 Å². The fraction of sp³-hybridized carbons (Fsp3) is 0.391. The molecular formula is C23H24FNO2. The number of piperidine rings is 1. The van der Waals surface area contributed by atoms with Crippen molar-refractivity contribution in [2.75, 3.05) is 6.61 Å². The monoisotopic (exact) mass is 365 g/mol. The zero-order valence-electron chi connectivity index (χ0n) is 15.3. The summed E-state index contributed by atoms with van der Waals surface area (Å²) in [7, 11) is 0. The SMILES string of the molecule is C#CCOc1ccc(CN2[C@@H]3CC[C@@H]2CC(O)(c2cccc(F)c2)C3)cc1. The Morgan fingerprint density at radius 3 is 2.48 bits per heavy atom. The van der Waals surface area contributed by atoms with Crippen LogP contribution >= 0.6 is 0 Å². The van der Waals surface area contributed by atoms with Gasteiger partial charge in [-0.2, -0.15) is 0 Å². The van der Waals surface area contributed by atoms with E-state index in [-0.39, 0.29) is 12.4 Å². The van der Waals surface area contributed by atoms with Gasteiger partial charge in [-0.15, -0.1) is 6.42 Å². The molecule has 2 fully saturated rings. The summed E-state index contributed by atoms with van der Waals surface area (Å²) >= 11 is 0. The van der Waals surface area contributed by atoms with Gasteiger partial charge in [0.2, 0.25) is 0 Å². The van der Waals surface area contributed by atoms with Gasteiger partial charge in [0.1, 0.15) is 18.2 Å². The Morgan fingerprint density at radius 1 is 1.15 bits per heavy atom. The standard InChI is InChI=1S/C23H24FNO2/c1-2-12-27-22-10-6-17(7-11-22)16-25-20-8-9-21(25)15-23(26,14-20)18-4-3-5-19(24)13-18/h1,3-7,10-11,13,20-21,26H,8-9,12,14-16H2/t20-,21-/m1/s1. The van der Waals surface area contributed by atoms with Crippen LogP contribution in [0, 0.1) is 18.2 Å². The van der Waals surface area contributed by atoms with Crippen LogP contribution in [0.3, 0.4) is 0 Å². The summed E-state index contributed by atoms with van der Waals surface area (Å²) in [6.45, 7) is 1.12. The number of nitrogens with zero attached hydrogens (tertiary/aromatic N) is 1. The summed E-state index contributed by atoms with van der Waals surface area (Å²) in [5, 5.41) is 11.2. The summed E-state index contributed by atoms with van der Waals surface area (Å²) in [5.74, 6) is 2.95. The minimum Gasteiger partial charge on any atom is -0.481 e. The van der Waals surface area contributed by atoms with Gasteiger partial charge in [0, 0.05) is 18.6 Å². The highest BCUT2D eigenvalue weighted by atomic mass is 19.1. The van der Waals surface area contributed by atoms with Crippen molar-refractivity contribution in [3.8, 4) is 18.1 Å². The molecule has 2 aromatic rings. The fourth-order valence-electron chi connectivity index (χ4n) is 4.61. The molecule has 140 valence electrons. The van der Waals surface area contributed by atoms with E-state index in [2.05, 4.69) is 23.0 Å². The second-order valence-corrected chi connectivity index (χ2v) is 7.64. The maximum Gasteiger partial charge on any atom is 0.148 e. The lowest BCUT2D eigenvalue weighted by Gasteiger charge is -2.44. The van der Waals surface area contributed by atoms with Crippen molar-refractivity contribution in [3.05, 3.63) is 65.5 Å². The Kier molecular flexibility index (Phi) is 4.90. The molecule has 3 nitrogen and oxygen atoms in total. The third kappa shape index (κ3) is 3.71. The molecule has 2 aromatic carbocycles. The first kappa shape index (κ1) is 18.0. The molecule has 0 saturated carbocycles. The quantitative estimate of drug-likeness (QED) is 0.817. The molecule has 1 N–H and O–H groups in total. The van der Waals surface area contributed by atoms with E-state index < -0.39 is 5.60 Å². The van der Waals surface area contributed by atoms with E-state index in [9.17, 15) is 9.50 Å². The summed E-state index contributed by atoms with van der Waals surface area (Å²) in [6, 6.07) is 15.1. The Labute approximate surface area is 159 Å². The lowest BCUT2D eigenvalue weighted by atomic mass is 9.80. The van der Waals surface area contributed by atoms with Gasteiger partial charge in [0.25, 0.3) is 0 Å². The van der Waals surface area contributed by atoms with E-state index in [1.54, 1.807) is 6.07 Å². The maximum atomic E-state index is 13.6. The van der Waals surface area contributed by atoms with Crippen LogP contribution in [-0.2, 0) is 12.1 Å². The van der Waals surface area contributed by atoms with Crippen LogP contribution in [-0.4, -0.2) is 28.7 Å². The van der Waals surface area contributed by atoms with Crippen LogP contribution in [0.2, 0.25) is 0 Å². The number of halogens is 1. The number of rotatable bonds is 5. The summed E-state index contributed by atoms with van der Waals surface area (Å²) in [4.78, 5) is 2.49. The molecule has 4 heteroatoms. The van der Waals surface area contributed by atoms with Gasteiger partial charge < -0.3 is 9.84 Å². The van der Waals surface area contributed by atoms with Gasteiger partial charge in [0.05, 0.1) is 5.60 Å². The van der Waals surface area contributed by atoms with E-state index in [1.165, 1.54) is 17.7 Å². The second kappa shape index (κ2) is 7.34. The zero-order chi connectivity index (χ0) is 18.9. The third-order valence-electron chi connectivity index (χ3n) is 5.89. The fourth-order valence-corrected chi connectivity index (χ4v) is 4.61. The molecule has 0 amide bonds. The first-order valence-corrected chi connectivity index (χ1v) is 9.47. The summed E-state index contributed by atoms with van der Waals surface area (Å²) < 4.78 is 19.1. The lowest BCUT2D eigenvalue weighted by molar-refractivity contribution is -0.0596. The number of ether oxygens (including phenoxy) is 1. The van der Waals surface area contributed by atoms with Crippen molar-refractivity contribution in [2.45, 2.75) is 49.9 Å². The van der Waals surface area contributed by atoms with Gasteiger partial charge in [-0.1, -0.05) is 30.2 Å². The number of fused-ring (bicyclic) bond motifs is 2. The van der Waals surface area contributed by atoms with Crippen LogP contribution in [0.25, 0.3) is 0 Å². The van der Waals surface area contributed by atoms with Crippen LogP contribution in [0.15, 0.2) is 48.5 Å². The Balaban J connectivity index is 1.46. The molecule has 0 unspecified atom stereocenters. The van der Waals surface area contributed by atoms with Crippen LogP contribution in [0.1, 0.15) is 36.8 Å². The molecular weight excluding hydrogens is 341 g/mol. The molecule has 2 aliphatic rings. The Bertz CT molecular complexity index is 828. The van der Waals surface area contributed by atoms with Crippen LogP contribution in [0.4, 0.5) is 4.39 Å². The average molecular weight is 365 g/mol. The van der Waals surface area contributed by atoms with Crippen molar-refractivity contribution in [1.29, 1.82) is 0 Å². The van der Waals surface area contributed by atoms with E-state index in [4.69, 9.17) is 11.2 Å². The Hall–Kier alpha value is -2.35. The summed E-state index contributed by atoms with van der Waals surface area (Å²) in [6.07, 6.45) is 8.67. The molecule has 0 spiro atoms. The smallest absolute Gasteiger partial charge is 0.148 e. The van der Waals surface area contributed by atoms with Crippen molar-refractivity contribution < 1.29 is 14.2 Å². The molecule has 2 atom stereocenters. The number of aliphatic hydroxyl groups is 1. The topological polar surface area (TPSA) is 32.7 Å². The normalized spacial score (nSPS) is 27.3. The minimum atomic E-state index is -0.933. The van der Waals surface area contributed by atoms with Gasteiger partial charge in [0.15, 0.2) is 0 Å². The molecule has 2 saturated heterocycles. The van der Waals surface area contributed by atoms with Crippen molar-refractivity contribution >= 4 is 0 Å². The van der Waals surface area contributed by atoms with Crippen molar-refractivity contribution in [2.24, 2.45) is 0 Å². The van der Waals surface area contributed by atoms with E-state index >= 15 is 0 Å². The predicted octanol–water partition coefficient (Wildman–Crippen LogP) is 3.85. The van der Waals surface area contributed by atoms with Gasteiger partial charge in [-0.3, -0.25) is 4.90 Å². The largest absolute Gasteiger partial charge is 0.481 e. The highest BCUT2D eigenvalue weighted by molar-refractivity contribution is 5.29. The van der Waals surface area contributed by atoms with Crippen LogP contribution < -0.4 is 4.74 Å². The highest BCUT2D eigenvalue weighted by Gasteiger charge is 2.48. The van der Waals surface area contributed by atoms with Gasteiger partial charge in [-0.25, -0.2) is 4.39 Å². The predicted molar refractivity (Wildman–Crippen MR) is 103 cm³/mol. The maximum absolute atomic E-state index is 13.6. The number of terminal acetylenes is 1. The van der Waals surface area contributed by atoms with Crippen molar-refractivity contribution in [1.82, 2.24) is 4.90 Å². The molecule has 27 heavy (non-hydrogen) atoms. The third-order valence-corrected chi connectivity index (χ3v) is 5.89. The zero-order valence-corrected chi connectivity index (χ0v) is 15.3. The van der Waals surface area contributed by atoms with E-state index in [1.807, 2.05) is 18.2 Å². The average Bonchev–Trinajstić information content (AvgIpc) is 2.91. The first-order chi connectivity index (χ1) is 13.1. The number of hydrogen-bond donors (Lipinski definition) is 1. The minimum absolute atomic E-state index is 0.272. The van der Waals surface area contributed by atoms with Crippen LogP contribution in [0.5, 0.6) is 5.75 Å². The van der Waals surface area contributed by atoms with E-state index in [0.717, 1.165) is 25.1 Å². The molecule has 0 radical (unpaired) electrons. The summed E-state index contributed by atoms with van der Waals surface area (Å²) in [5.41, 5.74) is 0.988. The molecule has 0 aromatic heterocycles. The molecule has 2 bridgehead atoms. The molecule has 2 aliphatic heterocycles. The second-order valence-electron chi connectivity index (χ2n) is 7.64. The first-order valence-electron chi connectivity index (χ1n) is 9.47. The lowest BCUT2D eigenvalue weighted by Crippen LogP contribution is -2.49.